The Bertz CT molecular complexity index is 1440. The van der Waals surface area contributed by atoms with Gasteiger partial charge in [0.05, 0.1) is 24.3 Å². The summed E-state index contributed by atoms with van der Waals surface area (Å²) in [5, 5.41) is 17.9. The first-order valence-corrected chi connectivity index (χ1v) is 14.5. The lowest BCUT2D eigenvalue weighted by atomic mass is 10.1. The van der Waals surface area contributed by atoms with Gasteiger partial charge in [-0.25, -0.2) is 14.6 Å². The van der Waals surface area contributed by atoms with Crippen molar-refractivity contribution >= 4 is 35.4 Å². The second-order valence-corrected chi connectivity index (χ2v) is 10.7. The number of nitrogens with one attached hydrogen (secondary N) is 3. The van der Waals surface area contributed by atoms with Crippen molar-refractivity contribution < 1.29 is 33.8 Å². The number of pyridine rings is 1. The summed E-state index contributed by atoms with van der Waals surface area (Å²) in [6.45, 7) is 0.00976. The van der Waals surface area contributed by atoms with Crippen molar-refractivity contribution in [2.75, 3.05) is 50.6 Å². The number of anilines is 2. The number of hydrogen-bond acceptors (Lipinski definition) is 9. The van der Waals surface area contributed by atoms with Crippen molar-refractivity contribution in [3.05, 3.63) is 90.1 Å². The molecule has 0 radical (unpaired) electrons. The van der Waals surface area contributed by atoms with Crippen LogP contribution in [-0.2, 0) is 25.7 Å². The number of nitrogens with zero attached hydrogens (tertiary/aromatic N) is 3. The second-order valence-electron chi connectivity index (χ2n) is 10.7. The van der Waals surface area contributed by atoms with Gasteiger partial charge in [0.15, 0.2) is 0 Å². The van der Waals surface area contributed by atoms with Gasteiger partial charge in [-0.05, 0) is 36.2 Å². The molecular formula is C32H38N6O7. The first-order chi connectivity index (χ1) is 21.7. The van der Waals surface area contributed by atoms with Gasteiger partial charge in [0.2, 0.25) is 5.91 Å². The smallest absolute Gasteiger partial charge is 0.410 e. The Morgan fingerprint density at radius 3 is 2.47 bits per heavy atom. The molecule has 45 heavy (non-hydrogen) atoms. The lowest BCUT2D eigenvalue weighted by Gasteiger charge is -2.24. The molecule has 1 aromatic heterocycles. The molecule has 3 aromatic rings. The lowest BCUT2D eigenvalue weighted by Crippen LogP contribution is -2.49. The number of benzene rings is 2. The minimum atomic E-state index is -1.36. The van der Waals surface area contributed by atoms with Crippen LogP contribution in [0.1, 0.15) is 22.3 Å². The Kier molecular flexibility index (Phi) is 11.7. The van der Waals surface area contributed by atoms with Crippen molar-refractivity contribution in [2.45, 2.75) is 31.2 Å². The molecule has 238 valence electrons. The zero-order chi connectivity index (χ0) is 32.2. The van der Waals surface area contributed by atoms with Crippen molar-refractivity contribution in [3.63, 3.8) is 0 Å². The highest BCUT2D eigenvalue weighted by Crippen LogP contribution is 2.23. The zero-order valence-corrected chi connectivity index (χ0v) is 25.2. The number of likely N-dealkylation sites (tertiary alicyclic amines) is 1. The highest BCUT2D eigenvalue weighted by molar-refractivity contribution is 6.01. The quantitative estimate of drug-likeness (QED) is 0.211. The normalized spacial score (nSPS) is 16.4. The Hall–Kier alpha value is -5.17. The summed E-state index contributed by atoms with van der Waals surface area (Å²) in [6, 6.07) is 20.0. The molecule has 0 saturated carbocycles. The maximum Gasteiger partial charge on any atom is 0.410 e. The zero-order valence-electron chi connectivity index (χ0n) is 25.2. The number of para-hydroxylation sites is 1. The summed E-state index contributed by atoms with van der Waals surface area (Å²) in [4.78, 5) is 57.9. The fraction of sp³-hybridized carbons (Fsp3) is 0.344. The molecule has 2 aromatic carbocycles. The van der Waals surface area contributed by atoms with Gasteiger partial charge >= 0.3 is 12.1 Å². The van der Waals surface area contributed by atoms with Crippen LogP contribution in [-0.4, -0.2) is 97.4 Å². The molecule has 0 aliphatic carbocycles. The van der Waals surface area contributed by atoms with E-state index in [0.29, 0.717) is 30.0 Å². The van der Waals surface area contributed by atoms with Crippen LogP contribution in [0.3, 0.4) is 0 Å². The number of carbonyl (C=O) groups excluding carboxylic acids is 3. The minimum Gasteiger partial charge on any atom is -0.480 e. The summed E-state index contributed by atoms with van der Waals surface area (Å²) in [7, 11) is 3.55. The van der Waals surface area contributed by atoms with Crippen molar-refractivity contribution in [1.82, 2.24) is 20.5 Å². The van der Waals surface area contributed by atoms with Crippen molar-refractivity contribution in [3.8, 4) is 0 Å². The van der Waals surface area contributed by atoms with Crippen LogP contribution in [0.25, 0.3) is 0 Å². The summed E-state index contributed by atoms with van der Waals surface area (Å²) in [5.41, 5.74) is 1.79. The van der Waals surface area contributed by atoms with E-state index >= 15 is 0 Å². The molecule has 2 heterocycles. The summed E-state index contributed by atoms with van der Waals surface area (Å²) in [6.07, 6.45) is 1.13. The maximum absolute atomic E-state index is 13.0. The van der Waals surface area contributed by atoms with Crippen LogP contribution in [0.4, 0.5) is 16.3 Å². The Labute approximate surface area is 261 Å². The van der Waals surface area contributed by atoms with Gasteiger partial charge in [-0.3, -0.25) is 9.59 Å². The topological polar surface area (TPSA) is 162 Å². The molecule has 3 atom stereocenters. The largest absolute Gasteiger partial charge is 0.480 e. The molecule has 4 rings (SSSR count). The van der Waals surface area contributed by atoms with Crippen LogP contribution in [0, 0.1) is 0 Å². The molecule has 13 nitrogen and oxygen atoms in total. The number of carboxylic acid groups (broad SMARTS) is 1. The van der Waals surface area contributed by atoms with Crippen LogP contribution in [0.2, 0.25) is 0 Å². The maximum atomic E-state index is 13.0. The van der Waals surface area contributed by atoms with E-state index in [9.17, 15) is 24.3 Å². The molecule has 1 saturated heterocycles. The van der Waals surface area contributed by atoms with E-state index in [-0.39, 0.29) is 32.3 Å². The van der Waals surface area contributed by atoms with E-state index in [4.69, 9.17) is 9.47 Å². The number of carboxylic acids is 1. The summed E-state index contributed by atoms with van der Waals surface area (Å²) >= 11 is 0. The fourth-order valence-electron chi connectivity index (χ4n) is 4.86. The molecule has 0 bridgehead atoms. The van der Waals surface area contributed by atoms with Gasteiger partial charge in [0, 0.05) is 39.1 Å². The Morgan fingerprint density at radius 1 is 1.02 bits per heavy atom. The molecule has 13 heteroatoms. The first kappa shape index (κ1) is 32.7. The van der Waals surface area contributed by atoms with Gasteiger partial charge in [0.25, 0.3) is 5.91 Å². The summed E-state index contributed by atoms with van der Waals surface area (Å²) in [5.74, 6) is -1.77. The molecule has 0 unspecified atom stereocenters. The number of amides is 3. The van der Waals surface area contributed by atoms with E-state index in [2.05, 4.69) is 20.9 Å². The van der Waals surface area contributed by atoms with Crippen LogP contribution < -0.4 is 20.9 Å². The Morgan fingerprint density at radius 2 is 1.76 bits per heavy atom. The standard InChI is InChI=1S/C32H38N6O7/c1-37(2)27-13-7-6-12-25(27)30(40)36-26(31(41)42)18-35-29(39)21-44-24-16-23(17-34-28-14-8-9-15-33-28)38(19-24)32(43)45-20-22-10-4-3-5-11-22/h3-15,23-24,26H,16-21H2,1-2H3,(H,33,34)(H,35,39)(H,36,40)(H,41,42)/t23-,24+,26-/m0/s1. The molecule has 0 spiro atoms. The molecule has 1 fully saturated rings. The Balaban J connectivity index is 1.29. The molecular weight excluding hydrogens is 580 g/mol. The van der Waals surface area contributed by atoms with Gasteiger partial charge < -0.3 is 40.3 Å². The number of ether oxygens (including phenoxy) is 2. The average molecular weight is 619 g/mol. The third kappa shape index (κ3) is 9.66. The van der Waals surface area contributed by atoms with E-state index < -0.39 is 36.0 Å². The third-order valence-corrected chi connectivity index (χ3v) is 7.19. The van der Waals surface area contributed by atoms with Gasteiger partial charge in [-0.15, -0.1) is 0 Å². The van der Waals surface area contributed by atoms with Crippen LogP contribution in [0.5, 0.6) is 0 Å². The van der Waals surface area contributed by atoms with Crippen LogP contribution >= 0.6 is 0 Å². The summed E-state index contributed by atoms with van der Waals surface area (Å²) < 4.78 is 11.4. The minimum absolute atomic E-state index is 0.118. The van der Waals surface area contributed by atoms with Crippen molar-refractivity contribution in [2.24, 2.45) is 0 Å². The average Bonchev–Trinajstić information content (AvgIpc) is 3.47. The highest BCUT2D eigenvalue weighted by Gasteiger charge is 2.37. The van der Waals surface area contributed by atoms with E-state index in [0.717, 1.165) is 5.56 Å². The molecule has 1 aliphatic heterocycles. The number of carbonyl (C=O) groups is 4. The number of hydrogen-bond donors (Lipinski definition) is 4. The lowest BCUT2D eigenvalue weighted by molar-refractivity contribution is -0.139. The third-order valence-electron chi connectivity index (χ3n) is 7.19. The van der Waals surface area contributed by atoms with Crippen molar-refractivity contribution in [1.29, 1.82) is 0 Å². The van der Waals surface area contributed by atoms with Gasteiger partial charge in [0.1, 0.15) is 25.1 Å². The predicted molar refractivity (Wildman–Crippen MR) is 167 cm³/mol. The number of rotatable bonds is 14. The monoisotopic (exact) mass is 618 g/mol. The van der Waals surface area contributed by atoms with Gasteiger partial charge in [-0.1, -0.05) is 48.5 Å². The van der Waals surface area contributed by atoms with E-state index in [1.165, 1.54) is 0 Å². The first-order valence-electron chi connectivity index (χ1n) is 14.5. The number of aliphatic carboxylic acids is 1. The molecule has 4 N–H and O–H groups in total. The highest BCUT2D eigenvalue weighted by atomic mass is 16.6. The van der Waals surface area contributed by atoms with E-state index in [1.807, 2.05) is 42.5 Å². The van der Waals surface area contributed by atoms with Gasteiger partial charge in [-0.2, -0.15) is 0 Å². The second kappa shape index (κ2) is 16.1. The van der Waals surface area contributed by atoms with E-state index in [1.54, 1.807) is 60.4 Å². The number of aromatic nitrogens is 1. The molecule has 1 aliphatic rings. The molecule has 3 amide bonds. The fourth-order valence-corrected chi connectivity index (χ4v) is 4.86. The SMILES string of the molecule is CN(C)c1ccccc1C(=O)N[C@@H](CNC(=O)CO[C@@H]1C[C@@H](CNc2ccccn2)N(C(=O)OCc2ccccc2)C1)C(=O)O. The predicted octanol–water partition coefficient (Wildman–Crippen LogP) is 2.36. The van der Waals surface area contributed by atoms with Crippen LogP contribution in [0.15, 0.2) is 79.0 Å².